The molecule has 0 spiro atoms. The maximum atomic E-state index is 11.2. The van der Waals surface area contributed by atoms with Crippen molar-refractivity contribution in [3.63, 3.8) is 0 Å². The van der Waals surface area contributed by atoms with Gasteiger partial charge in [-0.05, 0) is 30.4 Å². The summed E-state index contributed by atoms with van der Waals surface area (Å²) in [5.41, 5.74) is -0.253. The molecule has 0 atom stereocenters. The molecule has 6 heteroatoms. The first-order chi connectivity index (χ1) is 10.2. The van der Waals surface area contributed by atoms with Crippen molar-refractivity contribution in [3.05, 3.63) is 24.3 Å². The van der Waals surface area contributed by atoms with E-state index < -0.39 is 5.97 Å². The van der Waals surface area contributed by atoms with E-state index >= 15 is 0 Å². The molecule has 0 saturated heterocycles. The maximum absolute atomic E-state index is 11.2. The number of hydrogen-bond donors (Lipinski definition) is 1. The van der Waals surface area contributed by atoms with Crippen LogP contribution in [-0.4, -0.2) is 21.2 Å². The highest BCUT2D eigenvalue weighted by Crippen LogP contribution is 2.42. The summed E-state index contributed by atoms with van der Waals surface area (Å²) in [6.45, 7) is 0. The molecular weight excluding hydrogens is 272 g/mol. The summed E-state index contributed by atoms with van der Waals surface area (Å²) in [4.78, 5) is 15.5. The Morgan fingerprint density at radius 1 is 1.33 bits per heavy atom. The van der Waals surface area contributed by atoms with Crippen LogP contribution in [0.15, 0.2) is 27.3 Å². The van der Waals surface area contributed by atoms with Crippen molar-refractivity contribution < 1.29 is 18.8 Å². The predicted octanol–water partition coefficient (Wildman–Crippen LogP) is 3.30. The lowest BCUT2D eigenvalue weighted by atomic mass is 9.69. The molecule has 1 fully saturated rings. The van der Waals surface area contributed by atoms with Gasteiger partial charge in [0.05, 0.1) is 12.7 Å². The third-order valence-corrected chi connectivity index (χ3v) is 4.18. The van der Waals surface area contributed by atoms with Crippen LogP contribution in [-0.2, 0) is 11.2 Å². The number of furan rings is 1. The molecule has 112 valence electrons. The largest absolute Gasteiger partial charge is 0.481 e. The third-order valence-electron chi connectivity index (χ3n) is 4.18. The quantitative estimate of drug-likeness (QED) is 0.908. The van der Waals surface area contributed by atoms with Crippen LogP contribution in [0.4, 0.5) is 0 Å². The molecule has 3 rings (SSSR count). The lowest BCUT2D eigenvalue weighted by molar-refractivity contribution is -0.140. The summed E-state index contributed by atoms with van der Waals surface area (Å²) in [6.07, 6.45) is 7.33. The van der Waals surface area contributed by atoms with Crippen LogP contribution in [0.5, 0.6) is 0 Å². The highest BCUT2D eigenvalue weighted by Gasteiger charge is 2.36. The Kier molecular flexibility index (Phi) is 3.77. The molecule has 0 aromatic carbocycles. The zero-order chi connectivity index (χ0) is 14.7. The Morgan fingerprint density at radius 2 is 2.14 bits per heavy atom. The fourth-order valence-electron chi connectivity index (χ4n) is 3.19. The number of carbonyl (C=O) groups is 1. The monoisotopic (exact) mass is 290 g/mol. The standard InChI is InChI=1S/C15H18N2O4/c18-13(19)10-15(6-2-1-3-7-15)9-12-16-14(17-21-12)11-5-4-8-20-11/h4-5,8H,1-3,6-7,9-10H2,(H,18,19). The highest BCUT2D eigenvalue weighted by molar-refractivity contribution is 5.67. The molecule has 1 N–H and O–H groups in total. The molecular formula is C15H18N2O4. The van der Waals surface area contributed by atoms with E-state index in [1.165, 1.54) is 6.42 Å². The molecule has 0 radical (unpaired) electrons. The van der Waals surface area contributed by atoms with E-state index in [0.717, 1.165) is 25.7 Å². The lowest BCUT2D eigenvalue weighted by Crippen LogP contribution is -2.29. The van der Waals surface area contributed by atoms with E-state index in [-0.39, 0.29) is 11.8 Å². The Morgan fingerprint density at radius 3 is 2.81 bits per heavy atom. The second kappa shape index (κ2) is 5.71. The molecule has 2 aromatic heterocycles. The van der Waals surface area contributed by atoms with Crippen molar-refractivity contribution >= 4 is 5.97 Å². The molecule has 0 bridgehead atoms. The van der Waals surface area contributed by atoms with Crippen LogP contribution < -0.4 is 0 Å². The molecule has 21 heavy (non-hydrogen) atoms. The number of carboxylic acids is 1. The number of carboxylic acid groups (broad SMARTS) is 1. The maximum Gasteiger partial charge on any atom is 0.303 e. The first-order valence-electron chi connectivity index (χ1n) is 7.25. The summed E-state index contributed by atoms with van der Waals surface area (Å²) in [5.74, 6) is 0.699. The van der Waals surface area contributed by atoms with Crippen LogP contribution in [0, 0.1) is 5.41 Å². The number of aliphatic carboxylic acids is 1. The predicted molar refractivity (Wildman–Crippen MR) is 73.5 cm³/mol. The van der Waals surface area contributed by atoms with E-state index in [9.17, 15) is 9.90 Å². The van der Waals surface area contributed by atoms with Gasteiger partial charge in [-0.3, -0.25) is 4.79 Å². The van der Waals surface area contributed by atoms with Crippen molar-refractivity contribution in [1.29, 1.82) is 0 Å². The second-order valence-electron chi connectivity index (χ2n) is 5.80. The van der Waals surface area contributed by atoms with Gasteiger partial charge in [-0.1, -0.05) is 24.4 Å². The van der Waals surface area contributed by atoms with Gasteiger partial charge in [0.25, 0.3) is 0 Å². The van der Waals surface area contributed by atoms with Crippen molar-refractivity contribution in [1.82, 2.24) is 10.1 Å². The second-order valence-corrected chi connectivity index (χ2v) is 5.80. The summed E-state index contributed by atoms with van der Waals surface area (Å²) >= 11 is 0. The van der Waals surface area contributed by atoms with Gasteiger partial charge < -0.3 is 14.0 Å². The van der Waals surface area contributed by atoms with Gasteiger partial charge in [0.1, 0.15) is 0 Å². The molecule has 0 unspecified atom stereocenters. The van der Waals surface area contributed by atoms with E-state index in [1.807, 2.05) is 0 Å². The van der Waals surface area contributed by atoms with E-state index in [1.54, 1.807) is 18.4 Å². The van der Waals surface area contributed by atoms with Gasteiger partial charge in [-0.25, -0.2) is 0 Å². The normalized spacial score (nSPS) is 17.7. The molecule has 1 aliphatic carbocycles. The first-order valence-corrected chi connectivity index (χ1v) is 7.25. The van der Waals surface area contributed by atoms with Gasteiger partial charge in [-0.15, -0.1) is 0 Å². The minimum absolute atomic E-state index is 0.158. The van der Waals surface area contributed by atoms with E-state index in [0.29, 0.717) is 23.9 Å². The number of rotatable bonds is 5. The molecule has 1 aliphatic rings. The van der Waals surface area contributed by atoms with Crippen LogP contribution in [0.1, 0.15) is 44.4 Å². The summed E-state index contributed by atoms with van der Waals surface area (Å²) in [6, 6.07) is 3.53. The van der Waals surface area contributed by atoms with Crippen molar-refractivity contribution in [2.24, 2.45) is 5.41 Å². The highest BCUT2D eigenvalue weighted by atomic mass is 16.5. The first kappa shape index (κ1) is 13.9. The lowest BCUT2D eigenvalue weighted by Gasteiger charge is -2.34. The molecule has 2 aromatic rings. The van der Waals surface area contributed by atoms with E-state index in [4.69, 9.17) is 8.94 Å². The molecule has 1 saturated carbocycles. The van der Waals surface area contributed by atoms with Crippen LogP contribution in [0.25, 0.3) is 11.6 Å². The van der Waals surface area contributed by atoms with Crippen molar-refractivity contribution in [2.75, 3.05) is 0 Å². The SMILES string of the molecule is O=C(O)CC1(Cc2nc(-c3ccco3)no2)CCCCC1. The average molecular weight is 290 g/mol. The minimum Gasteiger partial charge on any atom is -0.481 e. The molecule has 2 heterocycles. The average Bonchev–Trinajstić information content (AvgIpc) is 3.09. The third kappa shape index (κ3) is 3.15. The van der Waals surface area contributed by atoms with Crippen LogP contribution >= 0.6 is 0 Å². The van der Waals surface area contributed by atoms with Crippen molar-refractivity contribution in [2.45, 2.75) is 44.9 Å². The number of hydrogen-bond acceptors (Lipinski definition) is 5. The van der Waals surface area contributed by atoms with Crippen molar-refractivity contribution in [3.8, 4) is 11.6 Å². The van der Waals surface area contributed by atoms with Gasteiger partial charge in [0, 0.05) is 6.42 Å². The number of nitrogens with zero attached hydrogens (tertiary/aromatic N) is 2. The van der Waals surface area contributed by atoms with Crippen LogP contribution in [0.3, 0.4) is 0 Å². The minimum atomic E-state index is -0.761. The van der Waals surface area contributed by atoms with Gasteiger partial charge in [-0.2, -0.15) is 4.98 Å². The number of aromatic nitrogens is 2. The molecule has 0 amide bonds. The summed E-state index contributed by atoms with van der Waals surface area (Å²) < 4.78 is 10.5. The fourth-order valence-corrected chi connectivity index (χ4v) is 3.19. The Bertz CT molecular complexity index is 597. The Hall–Kier alpha value is -2.11. The molecule has 6 nitrogen and oxygen atoms in total. The fraction of sp³-hybridized carbons (Fsp3) is 0.533. The Labute approximate surface area is 122 Å². The Balaban J connectivity index is 1.78. The zero-order valence-corrected chi connectivity index (χ0v) is 11.7. The molecule has 0 aliphatic heterocycles. The van der Waals surface area contributed by atoms with Crippen LogP contribution in [0.2, 0.25) is 0 Å². The smallest absolute Gasteiger partial charge is 0.303 e. The summed E-state index contributed by atoms with van der Waals surface area (Å²) in [7, 11) is 0. The topological polar surface area (TPSA) is 89.4 Å². The zero-order valence-electron chi connectivity index (χ0n) is 11.7. The van der Waals surface area contributed by atoms with Gasteiger partial charge >= 0.3 is 5.97 Å². The summed E-state index contributed by atoms with van der Waals surface area (Å²) in [5, 5.41) is 13.1. The van der Waals surface area contributed by atoms with Gasteiger partial charge in [0.2, 0.25) is 11.7 Å². The van der Waals surface area contributed by atoms with E-state index in [2.05, 4.69) is 10.1 Å². The van der Waals surface area contributed by atoms with Gasteiger partial charge in [0.15, 0.2) is 5.76 Å².